The number of nitrogens with one attached hydrogen (secondary N) is 2. The van der Waals surface area contributed by atoms with E-state index in [4.69, 9.17) is 0 Å². The van der Waals surface area contributed by atoms with E-state index in [-0.39, 0.29) is 11.6 Å². The van der Waals surface area contributed by atoms with Gasteiger partial charge in [0.25, 0.3) is 11.8 Å². The minimum atomic E-state index is -1.04. The van der Waals surface area contributed by atoms with Crippen LogP contribution in [-0.2, 0) is 6.42 Å². The molecule has 3 aromatic carbocycles. The zero-order valence-electron chi connectivity index (χ0n) is 15.6. The summed E-state index contributed by atoms with van der Waals surface area (Å²) in [5, 5.41) is 5.34. The van der Waals surface area contributed by atoms with Crippen molar-refractivity contribution >= 4 is 17.5 Å². The number of hydrogen-bond acceptors (Lipinski definition) is 2. The Morgan fingerprint density at radius 2 is 1.41 bits per heavy atom. The van der Waals surface area contributed by atoms with Gasteiger partial charge in [-0.2, -0.15) is 0 Å². The van der Waals surface area contributed by atoms with E-state index in [2.05, 4.69) is 10.6 Å². The number of halogens is 2. The lowest BCUT2D eigenvalue weighted by atomic mass is 10.1. The number of rotatable bonds is 7. The van der Waals surface area contributed by atoms with Gasteiger partial charge in [0.15, 0.2) is 11.6 Å². The lowest BCUT2D eigenvalue weighted by Crippen LogP contribution is -2.24. The summed E-state index contributed by atoms with van der Waals surface area (Å²) >= 11 is 0. The Hall–Kier alpha value is -3.54. The zero-order valence-corrected chi connectivity index (χ0v) is 15.6. The molecule has 3 rings (SSSR count). The normalized spacial score (nSPS) is 10.4. The standard InChI is InChI=1S/C23H20F2N2O2/c24-20-13-12-19(15-21(20)25)27-23(29)18-10-8-17(9-11-18)22(28)26-14-4-7-16-5-2-1-3-6-16/h1-3,5-6,8-13,15H,4,7,14H2,(H,26,28)(H,27,29). The van der Waals surface area contributed by atoms with Crippen molar-refractivity contribution in [1.82, 2.24) is 5.32 Å². The highest BCUT2D eigenvalue weighted by molar-refractivity contribution is 6.05. The summed E-state index contributed by atoms with van der Waals surface area (Å²) in [6.07, 6.45) is 1.70. The van der Waals surface area contributed by atoms with Gasteiger partial charge in [-0.1, -0.05) is 30.3 Å². The van der Waals surface area contributed by atoms with E-state index >= 15 is 0 Å². The Bertz CT molecular complexity index is 990. The highest BCUT2D eigenvalue weighted by atomic mass is 19.2. The number of anilines is 1. The number of carbonyl (C=O) groups excluding carboxylic acids is 2. The van der Waals surface area contributed by atoms with Gasteiger partial charge in [-0.3, -0.25) is 9.59 Å². The molecule has 0 aliphatic carbocycles. The van der Waals surface area contributed by atoms with Gasteiger partial charge < -0.3 is 10.6 Å². The van der Waals surface area contributed by atoms with E-state index in [1.807, 2.05) is 30.3 Å². The molecule has 0 aliphatic rings. The molecule has 148 valence electrons. The van der Waals surface area contributed by atoms with E-state index in [0.29, 0.717) is 17.7 Å². The summed E-state index contributed by atoms with van der Waals surface area (Å²) in [7, 11) is 0. The molecule has 3 aromatic rings. The molecule has 0 heterocycles. The summed E-state index contributed by atoms with van der Waals surface area (Å²) in [6, 6.07) is 19.3. The Kier molecular flexibility index (Phi) is 6.68. The smallest absolute Gasteiger partial charge is 0.255 e. The van der Waals surface area contributed by atoms with Gasteiger partial charge in [0.05, 0.1) is 0 Å². The Morgan fingerprint density at radius 1 is 0.759 bits per heavy atom. The van der Waals surface area contributed by atoms with Crippen molar-refractivity contribution in [3.8, 4) is 0 Å². The molecule has 2 N–H and O–H groups in total. The third-order valence-electron chi connectivity index (χ3n) is 4.36. The molecule has 0 aromatic heterocycles. The van der Waals surface area contributed by atoms with Crippen LogP contribution in [0.2, 0.25) is 0 Å². The van der Waals surface area contributed by atoms with Crippen LogP contribution in [0, 0.1) is 11.6 Å². The second-order valence-electron chi connectivity index (χ2n) is 6.51. The first-order valence-corrected chi connectivity index (χ1v) is 9.21. The van der Waals surface area contributed by atoms with E-state index in [9.17, 15) is 18.4 Å². The van der Waals surface area contributed by atoms with Crippen LogP contribution >= 0.6 is 0 Å². The van der Waals surface area contributed by atoms with Crippen molar-refractivity contribution in [1.29, 1.82) is 0 Å². The van der Waals surface area contributed by atoms with Gasteiger partial charge in [-0.25, -0.2) is 8.78 Å². The number of carbonyl (C=O) groups is 2. The molecule has 0 bridgehead atoms. The van der Waals surface area contributed by atoms with Gasteiger partial charge >= 0.3 is 0 Å². The molecule has 0 radical (unpaired) electrons. The Labute approximate surface area is 167 Å². The van der Waals surface area contributed by atoms with Crippen LogP contribution in [0.1, 0.15) is 32.7 Å². The van der Waals surface area contributed by atoms with Crippen LogP contribution in [0.4, 0.5) is 14.5 Å². The number of aryl methyl sites for hydroxylation is 1. The van der Waals surface area contributed by atoms with E-state index < -0.39 is 17.5 Å². The van der Waals surface area contributed by atoms with Crippen LogP contribution in [0.25, 0.3) is 0 Å². The number of amides is 2. The molecule has 0 aliphatic heterocycles. The predicted octanol–water partition coefficient (Wildman–Crippen LogP) is 4.58. The molecule has 6 heteroatoms. The molecule has 2 amide bonds. The summed E-state index contributed by atoms with van der Waals surface area (Å²) in [4.78, 5) is 24.4. The van der Waals surface area contributed by atoms with Crippen molar-refractivity contribution in [2.24, 2.45) is 0 Å². The molecule has 4 nitrogen and oxygen atoms in total. The van der Waals surface area contributed by atoms with Gasteiger partial charge in [0.2, 0.25) is 0 Å². The van der Waals surface area contributed by atoms with Crippen molar-refractivity contribution in [3.63, 3.8) is 0 Å². The molecule has 0 saturated carbocycles. The summed E-state index contributed by atoms with van der Waals surface area (Å²) in [5.41, 5.74) is 2.11. The van der Waals surface area contributed by atoms with E-state index in [1.165, 1.54) is 23.8 Å². The fourth-order valence-electron chi connectivity index (χ4n) is 2.79. The fraction of sp³-hybridized carbons (Fsp3) is 0.130. The minimum Gasteiger partial charge on any atom is -0.352 e. The second-order valence-corrected chi connectivity index (χ2v) is 6.51. The lowest BCUT2D eigenvalue weighted by Gasteiger charge is -2.08. The summed E-state index contributed by atoms with van der Waals surface area (Å²) < 4.78 is 26.2. The molecule has 0 fully saturated rings. The maximum atomic E-state index is 13.2. The van der Waals surface area contributed by atoms with E-state index in [1.54, 1.807) is 12.1 Å². The predicted molar refractivity (Wildman–Crippen MR) is 108 cm³/mol. The van der Waals surface area contributed by atoms with Crippen LogP contribution in [-0.4, -0.2) is 18.4 Å². The second kappa shape index (κ2) is 9.59. The summed E-state index contributed by atoms with van der Waals surface area (Å²) in [6.45, 7) is 0.548. The highest BCUT2D eigenvalue weighted by Crippen LogP contribution is 2.15. The topological polar surface area (TPSA) is 58.2 Å². The SMILES string of the molecule is O=C(NCCCc1ccccc1)c1ccc(C(=O)Nc2ccc(F)c(F)c2)cc1. The van der Waals surface area contributed by atoms with E-state index in [0.717, 1.165) is 25.0 Å². The van der Waals surface area contributed by atoms with Crippen molar-refractivity contribution < 1.29 is 18.4 Å². The third-order valence-corrected chi connectivity index (χ3v) is 4.36. The van der Waals surface area contributed by atoms with Crippen LogP contribution in [0.15, 0.2) is 72.8 Å². The van der Waals surface area contributed by atoms with Crippen molar-refractivity contribution in [2.45, 2.75) is 12.8 Å². The summed E-state index contributed by atoms with van der Waals surface area (Å²) in [5.74, 6) is -2.72. The lowest BCUT2D eigenvalue weighted by molar-refractivity contribution is 0.0951. The van der Waals surface area contributed by atoms with Gasteiger partial charge in [0.1, 0.15) is 0 Å². The quantitative estimate of drug-likeness (QED) is 0.577. The molecule has 0 spiro atoms. The largest absolute Gasteiger partial charge is 0.352 e. The minimum absolute atomic E-state index is 0.147. The first-order chi connectivity index (χ1) is 14.0. The van der Waals surface area contributed by atoms with Crippen LogP contribution in [0.5, 0.6) is 0 Å². The molecule has 29 heavy (non-hydrogen) atoms. The molecule has 0 unspecified atom stereocenters. The third kappa shape index (κ3) is 5.72. The van der Waals surface area contributed by atoms with Gasteiger partial charge in [-0.15, -0.1) is 0 Å². The van der Waals surface area contributed by atoms with Crippen molar-refractivity contribution in [3.05, 3.63) is 101 Å². The molecule has 0 saturated heterocycles. The molecular weight excluding hydrogens is 374 g/mol. The maximum absolute atomic E-state index is 13.2. The number of hydrogen-bond donors (Lipinski definition) is 2. The van der Waals surface area contributed by atoms with Crippen LogP contribution in [0.3, 0.4) is 0 Å². The molecular formula is C23H20F2N2O2. The Morgan fingerprint density at radius 3 is 2.07 bits per heavy atom. The fourth-order valence-corrected chi connectivity index (χ4v) is 2.79. The highest BCUT2D eigenvalue weighted by Gasteiger charge is 2.10. The Balaban J connectivity index is 1.50. The van der Waals surface area contributed by atoms with Crippen molar-refractivity contribution in [2.75, 3.05) is 11.9 Å². The maximum Gasteiger partial charge on any atom is 0.255 e. The zero-order chi connectivity index (χ0) is 20.6. The average Bonchev–Trinajstić information content (AvgIpc) is 2.74. The first-order valence-electron chi connectivity index (χ1n) is 9.21. The molecule has 0 atom stereocenters. The monoisotopic (exact) mass is 394 g/mol. The number of benzene rings is 3. The first kappa shape index (κ1) is 20.2. The average molecular weight is 394 g/mol. The van der Waals surface area contributed by atoms with Gasteiger partial charge in [0, 0.05) is 29.4 Å². The van der Waals surface area contributed by atoms with Crippen LogP contribution < -0.4 is 10.6 Å². The van der Waals surface area contributed by atoms with Gasteiger partial charge in [-0.05, 0) is 54.8 Å².